The summed E-state index contributed by atoms with van der Waals surface area (Å²) in [4.78, 5) is 4.41. The van der Waals surface area contributed by atoms with Gasteiger partial charge in [0.25, 0.3) is 0 Å². The second-order valence-corrected chi connectivity index (χ2v) is 6.36. The third-order valence-corrected chi connectivity index (χ3v) is 4.64. The standard InChI is InChI=1S/C13H15N3O3S/c17-20(18,12-4-2-1-3-5-12)15-8-11-9-16-7-6-14-13(16)10-19-11/h1-7,11,15H,8-10H2. The Morgan fingerprint density at radius 2 is 2.15 bits per heavy atom. The van der Waals surface area contributed by atoms with Crippen molar-refractivity contribution in [1.29, 1.82) is 0 Å². The van der Waals surface area contributed by atoms with Crippen LogP contribution in [0.4, 0.5) is 0 Å². The third kappa shape index (κ3) is 2.74. The molecule has 0 amide bonds. The molecule has 0 bridgehead atoms. The zero-order chi connectivity index (χ0) is 14.0. The topological polar surface area (TPSA) is 73.2 Å². The first-order valence-electron chi connectivity index (χ1n) is 6.31. The number of fused-ring (bicyclic) bond motifs is 1. The Balaban J connectivity index is 1.63. The first-order chi connectivity index (χ1) is 9.65. The quantitative estimate of drug-likeness (QED) is 0.903. The van der Waals surface area contributed by atoms with Crippen molar-refractivity contribution in [2.75, 3.05) is 6.54 Å². The predicted octanol–water partition coefficient (Wildman–Crippen LogP) is 0.760. The zero-order valence-electron chi connectivity index (χ0n) is 10.8. The maximum atomic E-state index is 12.1. The molecule has 1 aromatic carbocycles. The average molecular weight is 293 g/mol. The van der Waals surface area contributed by atoms with Crippen molar-refractivity contribution in [3.8, 4) is 0 Å². The lowest BCUT2D eigenvalue weighted by atomic mass is 10.3. The summed E-state index contributed by atoms with van der Waals surface area (Å²) in [7, 11) is -3.48. The van der Waals surface area contributed by atoms with Crippen LogP contribution in [-0.2, 0) is 27.9 Å². The highest BCUT2D eigenvalue weighted by molar-refractivity contribution is 7.89. The number of nitrogens with zero attached hydrogens (tertiary/aromatic N) is 2. The van der Waals surface area contributed by atoms with Crippen LogP contribution in [0.25, 0.3) is 0 Å². The summed E-state index contributed by atoms with van der Waals surface area (Å²) in [5.41, 5.74) is 0. The molecule has 1 N–H and O–H groups in total. The van der Waals surface area contributed by atoms with Crippen molar-refractivity contribution in [2.45, 2.75) is 24.2 Å². The van der Waals surface area contributed by atoms with Crippen molar-refractivity contribution < 1.29 is 13.2 Å². The Labute approximate surface area is 117 Å². The molecule has 1 atom stereocenters. The van der Waals surface area contributed by atoms with Gasteiger partial charge in [-0.05, 0) is 12.1 Å². The van der Waals surface area contributed by atoms with E-state index in [1.807, 2.05) is 10.8 Å². The molecule has 20 heavy (non-hydrogen) atoms. The van der Waals surface area contributed by atoms with E-state index in [-0.39, 0.29) is 17.5 Å². The van der Waals surface area contributed by atoms with Crippen molar-refractivity contribution >= 4 is 10.0 Å². The van der Waals surface area contributed by atoms with Gasteiger partial charge < -0.3 is 9.30 Å². The van der Waals surface area contributed by atoms with Gasteiger partial charge in [0.2, 0.25) is 10.0 Å². The summed E-state index contributed by atoms with van der Waals surface area (Å²) in [6, 6.07) is 8.31. The van der Waals surface area contributed by atoms with Crippen LogP contribution in [0.3, 0.4) is 0 Å². The fourth-order valence-corrected chi connectivity index (χ4v) is 3.21. The second-order valence-electron chi connectivity index (χ2n) is 4.59. The molecule has 6 nitrogen and oxygen atoms in total. The van der Waals surface area contributed by atoms with Crippen molar-refractivity contribution in [3.05, 3.63) is 48.5 Å². The average Bonchev–Trinajstić information content (AvgIpc) is 2.94. The van der Waals surface area contributed by atoms with Crippen LogP contribution in [0.1, 0.15) is 5.82 Å². The van der Waals surface area contributed by atoms with Crippen molar-refractivity contribution in [3.63, 3.8) is 0 Å². The van der Waals surface area contributed by atoms with E-state index < -0.39 is 10.0 Å². The number of ether oxygens (including phenoxy) is 1. The maximum Gasteiger partial charge on any atom is 0.240 e. The lowest BCUT2D eigenvalue weighted by Gasteiger charge is -2.24. The predicted molar refractivity (Wildman–Crippen MR) is 72.4 cm³/mol. The molecule has 2 aromatic rings. The lowest BCUT2D eigenvalue weighted by molar-refractivity contribution is 0.00586. The zero-order valence-corrected chi connectivity index (χ0v) is 11.6. The summed E-state index contributed by atoms with van der Waals surface area (Å²) in [5.74, 6) is 0.868. The molecule has 0 fully saturated rings. The van der Waals surface area contributed by atoms with Crippen LogP contribution in [0.5, 0.6) is 0 Å². The molecule has 2 heterocycles. The SMILES string of the molecule is O=S(=O)(NCC1Cn2ccnc2CO1)c1ccccc1. The molecular weight excluding hydrogens is 278 g/mol. The van der Waals surface area contributed by atoms with Gasteiger partial charge in [0.05, 0.1) is 17.5 Å². The minimum absolute atomic E-state index is 0.185. The summed E-state index contributed by atoms with van der Waals surface area (Å²) in [6.07, 6.45) is 3.40. The highest BCUT2D eigenvalue weighted by atomic mass is 32.2. The Bertz CT molecular complexity index is 682. The Morgan fingerprint density at radius 3 is 2.95 bits per heavy atom. The van der Waals surface area contributed by atoms with E-state index in [1.165, 1.54) is 0 Å². The van der Waals surface area contributed by atoms with Gasteiger partial charge >= 0.3 is 0 Å². The van der Waals surface area contributed by atoms with Crippen LogP contribution in [0.2, 0.25) is 0 Å². The van der Waals surface area contributed by atoms with Gasteiger partial charge in [-0.1, -0.05) is 18.2 Å². The molecule has 0 radical (unpaired) electrons. The fraction of sp³-hybridized carbons (Fsp3) is 0.308. The van der Waals surface area contributed by atoms with Crippen LogP contribution in [0.15, 0.2) is 47.6 Å². The van der Waals surface area contributed by atoms with Crippen LogP contribution in [-0.4, -0.2) is 30.6 Å². The van der Waals surface area contributed by atoms with Gasteiger partial charge in [-0.2, -0.15) is 0 Å². The van der Waals surface area contributed by atoms with E-state index in [2.05, 4.69) is 9.71 Å². The minimum atomic E-state index is -3.48. The molecule has 7 heteroatoms. The Morgan fingerprint density at radius 1 is 1.35 bits per heavy atom. The van der Waals surface area contributed by atoms with E-state index >= 15 is 0 Å². The van der Waals surface area contributed by atoms with Crippen LogP contribution < -0.4 is 4.72 Å². The molecule has 0 aliphatic carbocycles. The maximum absolute atomic E-state index is 12.1. The van der Waals surface area contributed by atoms with E-state index in [9.17, 15) is 8.42 Å². The number of nitrogens with one attached hydrogen (secondary N) is 1. The van der Waals surface area contributed by atoms with Gasteiger partial charge in [-0.25, -0.2) is 18.1 Å². The van der Waals surface area contributed by atoms with Gasteiger partial charge in [-0.15, -0.1) is 0 Å². The van der Waals surface area contributed by atoms with Gasteiger partial charge in [0.1, 0.15) is 12.4 Å². The van der Waals surface area contributed by atoms with E-state index in [4.69, 9.17) is 4.74 Å². The normalized spacial score (nSPS) is 18.7. The fourth-order valence-electron chi connectivity index (χ4n) is 2.12. The third-order valence-electron chi connectivity index (χ3n) is 3.20. The van der Waals surface area contributed by atoms with Crippen molar-refractivity contribution in [1.82, 2.24) is 14.3 Å². The number of sulfonamides is 1. The molecule has 106 valence electrons. The number of benzene rings is 1. The van der Waals surface area contributed by atoms with Crippen LogP contribution >= 0.6 is 0 Å². The number of hydrogen-bond acceptors (Lipinski definition) is 4. The molecule has 0 saturated carbocycles. The minimum Gasteiger partial charge on any atom is -0.367 e. The number of hydrogen-bond donors (Lipinski definition) is 1. The molecule has 0 saturated heterocycles. The molecule has 3 rings (SSSR count). The van der Waals surface area contributed by atoms with Gasteiger partial charge in [-0.3, -0.25) is 0 Å². The van der Waals surface area contributed by atoms with Gasteiger partial charge in [0.15, 0.2) is 0 Å². The first kappa shape index (κ1) is 13.3. The first-order valence-corrected chi connectivity index (χ1v) is 7.80. The van der Waals surface area contributed by atoms with Gasteiger partial charge in [0, 0.05) is 18.9 Å². The Hall–Kier alpha value is -1.70. The highest BCUT2D eigenvalue weighted by Crippen LogP contribution is 2.13. The highest BCUT2D eigenvalue weighted by Gasteiger charge is 2.22. The van der Waals surface area contributed by atoms with E-state index in [1.54, 1.807) is 36.5 Å². The summed E-state index contributed by atoms with van der Waals surface area (Å²) in [6.45, 7) is 1.26. The van der Waals surface area contributed by atoms with Crippen LogP contribution in [0, 0.1) is 0 Å². The Kier molecular flexibility index (Phi) is 3.56. The monoisotopic (exact) mass is 293 g/mol. The smallest absolute Gasteiger partial charge is 0.240 e. The molecular formula is C13H15N3O3S. The lowest BCUT2D eigenvalue weighted by Crippen LogP contribution is -2.38. The molecule has 1 aliphatic rings. The molecule has 0 spiro atoms. The van der Waals surface area contributed by atoms with Crippen molar-refractivity contribution in [2.24, 2.45) is 0 Å². The summed E-state index contributed by atoms with van der Waals surface area (Å²) >= 11 is 0. The molecule has 1 aromatic heterocycles. The van der Waals surface area contributed by atoms with E-state index in [0.717, 1.165) is 5.82 Å². The summed E-state index contributed by atoms with van der Waals surface area (Å²) < 4.78 is 34.3. The summed E-state index contributed by atoms with van der Waals surface area (Å²) in [5, 5.41) is 0. The largest absolute Gasteiger partial charge is 0.367 e. The second kappa shape index (κ2) is 5.35. The van der Waals surface area contributed by atoms with E-state index in [0.29, 0.717) is 13.2 Å². The molecule has 1 unspecified atom stereocenters. The molecule has 1 aliphatic heterocycles. The number of imidazole rings is 1. The number of aromatic nitrogens is 2. The number of rotatable bonds is 4.